The monoisotopic (exact) mass is 535 g/mol. The molecule has 2 saturated heterocycles. The fraction of sp³-hybridized carbons (Fsp3) is 0.483. The van der Waals surface area contributed by atoms with Gasteiger partial charge in [0, 0.05) is 43.7 Å². The van der Waals surface area contributed by atoms with Gasteiger partial charge in [-0.2, -0.15) is 0 Å². The van der Waals surface area contributed by atoms with Crippen molar-refractivity contribution in [2.45, 2.75) is 63.1 Å². The van der Waals surface area contributed by atoms with Gasteiger partial charge in [-0.25, -0.2) is 9.59 Å². The van der Waals surface area contributed by atoms with Crippen LogP contribution in [0.5, 0.6) is 5.75 Å². The Morgan fingerprint density at radius 2 is 1.51 bits per heavy atom. The number of ether oxygens (including phenoxy) is 1. The number of benzene rings is 2. The van der Waals surface area contributed by atoms with Crippen LogP contribution in [0.3, 0.4) is 0 Å². The first-order valence-corrected chi connectivity index (χ1v) is 13.8. The number of carboxylic acid groups (broad SMARTS) is 1. The van der Waals surface area contributed by atoms with Gasteiger partial charge in [-0.3, -0.25) is 9.69 Å². The third-order valence-corrected chi connectivity index (χ3v) is 8.05. The van der Waals surface area contributed by atoms with Crippen LogP contribution in [0.25, 0.3) is 0 Å². The van der Waals surface area contributed by atoms with E-state index in [1.165, 1.54) is 17.7 Å². The van der Waals surface area contributed by atoms with Crippen molar-refractivity contribution in [2.24, 2.45) is 0 Å². The number of amides is 4. The molecule has 0 aromatic heterocycles. The number of likely N-dealkylation sites (tertiary alicyclic amines) is 1. The van der Waals surface area contributed by atoms with E-state index in [9.17, 15) is 19.5 Å². The van der Waals surface area contributed by atoms with Crippen LogP contribution in [0.2, 0.25) is 0 Å². The number of hydrogen-bond acceptors (Lipinski definition) is 5. The van der Waals surface area contributed by atoms with E-state index in [1.807, 2.05) is 48.5 Å². The molecule has 2 aliphatic heterocycles. The Hall–Kier alpha value is -3.95. The number of carbonyl (C=O) groups excluding carboxylic acids is 2. The Morgan fingerprint density at radius 1 is 0.872 bits per heavy atom. The van der Waals surface area contributed by atoms with Crippen molar-refractivity contribution in [2.75, 3.05) is 42.2 Å². The van der Waals surface area contributed by atoms with Crippen molar-refractivity contribution < 1.29 is 24.2 Å². The lowest BCUT2D eigenvalue weighted by Crippen LogP contribution is -2.49. The molecule has 1 aliphatic carbocycles. The molecule has 2 heterocycles. The van der Waals surface area contributed by atoms with Gasteiger partial charge < -0.3 is 30.3 Å². The molecule has 39 heavy (non-hydrogen) atoms. The maximum atomic E-state index is 13.0. The first-order valence-electron chi connectivity index (χ1n) is 13.8. The van der Waals surface area contributed by atoms with Crippen molar-refractivity contribution in [3.05, 3.63) is 48.5 Å². The van der Waals surface area contributed by atoms with Crippen LogP contribution in [-0.4, -0.2) is 77.8 Å². The molecule has 3 aliphatic rings. The van der Waals surface area contributed by atoms with E-state index in [-0.39, 0.29) is 18.0 Å². The zero-order valence-electron chi connectivity index (χ0n) is 22.3. The zero-order chi connectivity index (χ0) is 27.4. The highest BCUT2D eigenvalue weighted by Crippen LogP contribution is 2.27. The van der Waals surface area contributed by atoms with Gasteiger partial charge in [0.05, 0.1) is 12.1 Å². The highest BCUT2D eigenvalue weighted by Gasteiger charge is 2.38. The molecule has 3 fully saturated rings. The maximum absolute atomic E-state index is 13.0. The van der Waals surface area contributed by atoms with Crippen LogP contribution < -0.4 is 20.3 Å². The Balaban J connectivity index is 1.09. The fourth-order valence-corrected chi connectivity index (χ4v) is 5.82. The van der Waals surface area contributed by atoms with Crippen LogP contribution in [0, 0.1) is 0 Å². The number of nitrogens with zero attached hydrogens (tertiary/aromatic N) is 3. The van der Waals surface area contributed by atoms with E-state index in [1.54, 1.807) is 11.9 Å². The van der Waals surface area contributed by atoms with E-state index < -0.39 is 12.1 Å². The zero-order valence-corrected chi connectivity index (χ0v) is 22.3. The second kappa shape index (κ2) is 11.8. The van der Waals surface area contributed by atoms with Gasteiger partial charge in [-0.1, -0.05) is 0 Å². The third kappa shape index (κ3) is 6.38. The van der Waals surface area contributed by atoms with Gasteiger partial charge in [-0.15, -0.1) is 0 Å². The second-order valence-corrected chi connectivity index (χ2v) is 10.6. The summed E-state index contributed by atoms with van der Waals surface area (Å²) in [6.45, 7) is 1.88. The number of likely N-dealkylation sites (N-methyl/N-ethyl adjacent to an activating group) is 1. The third-order valence-electron chi connectivity index (χ3n) is 8.05. The minimum atomic E-state index is -1.03. The molecular weight excluding hydrogens is 498 g/mol. The van der Waals surface area contributed by atoms with Crippen LogP contribution in [0.4, 0.5) is 26.7 Å². The number of rotatable bonds is 7. The van der Waals surface area contributed by atoms with Gasteiger partial charge in [0.15, 0.2) is 0 Å². The summed E-state index contributed by atoms with van der Waals surface area (Å²) in [5.74, 6) is 0.701. The molecule has 5 rings (SSSR count). The van der Waals surface area contributed by atoms with Crippen LogP contribution in [-0.2, 0) is 4.79 Å². The molecule has 4 amide bonds. The van der Waals surface area contributed by atoms with Crippen molar-refractivity contribution in [3.63, 3.8) is 0 Å². The van der Waals surface area contributed by atoms with Gasteiger partial charge in [0.2, 0.25) is 5.91 Å². The molecule has 2 atom stereocenters. The van der Waals surface area contributed by atoms with Gasteiger partial charge in [0.1, 0.15) is 11.8 Å². The predicted octanol–water partition coefficient (Wildman–Crippen LogP) is 4.83. The van der Waals surface area contributed by atoms with E-state index in [0.717, 1.165) is 37.2 Å². The van der Waals surface area contributed by atoms with Crippen molar-refractivity contribution in [1.82, 2.24) is 9.80 Å². The molecule has 10 nitrogen and oxygen atoms in total. The van der Waals surface area contributed by atoms with Crippen molar-refractivity contribution in [1.29, 1.82) is 0 Å². The van der Waals surface area contributed by atoms with E-state index in [4.69, 9.17) is 4.74 Å². The minimum Gasteiger partial charge on any atom is -0.490 e. The van der Waals surface area contributed by atoms with Gasteiger partial charge in [-0.05, 0) is 93.5 Å². The molecule has 2 aromatic rings. The molecule has 2 aromatic carbocycles. The highest BCUT2D eigenvalue weighted by atomic mass is 16.5. The topological polar surface area (TPSA) is 114 Å². The smallest absolute Gasteiger partial charge is 0.407 e. The Bertz CT molecular complexity index is 1170. The fourth-order valence-electron chi connectivity index (χ4n) is 5.82. The van der Waals surface area contributed by atoms with E-state index in [2.05, 4.69) is 15.5 Å². The Kier molecular flexibility index (Phi) is 8.09. The molecule has 0 spiro atoms. The Morgan fingerprint density at radius 3 is 2.15 bits per heavy atom. The normalized spacial score (nSPS) is 21.2. The SMILES string of the molecule is CN(C(=O)[C@@H]1CCCN1C(=O)O)C1CCN(c2ccc(NC(=O)Nc3ccc(OC4CCCC4)cc3)cc2)C1. The quantitative estimate of drug-likeness (QED) is 0.468. The maximum Gasteiger partial charge on any atom is 0.407 e. The lowest BCUT2D eigenvalue weighted by Gasteiger charge is -2.30. The number of urea groups is 1. The first kappa shape index (κ1) is 26.6. The minimum absolute atomic E-state index is 0.0206. The van der Waals surface area contributed by atoms with E-state index >= 15 is 0 Å². The highest BCUT2D eigenvalue weighted by molar-refractivity contribution is 5.99. The number of anilines is 3. The number of carbonyl (C=O) groups is 3. The molecule has 208 valence electrons. The second-order valence-electron chi connectivity index (χ2n) is 10.6. The molecule has 0 radical (unpaired) electrons. The van der Waals surface area contributed by atoms with Crippen LogP contribution in [0.1, 0.15) is 44.9 Å². The number of hydrogen-bond donors (Lipinski definition) is 3. The predicted molar refractivity (Wildman–Crippen MR) is 150 cm³/mol. The Labute approximate surface area is 228 Å². The molecule has 0 bridgehead atoms. The molecule has 3 N–H and O–H groups in total. The first-order chi connectivity index (χ1) is 18.9. The lowest BCUT2D eigenvalue weighted by atomic mass is 10.1. The largest absolute Gasteiger partial charge is 0.490 e. The number of nitrogens with one attached hydrogen (secondary N) is 2. The summed E-state index contributed by atoms with van der Waals surface area (Å²) in [5.41, 5.74) is 2.37. The van der Waals surface area contributed by atoms with Crippen LogP contribution in [0.15, 0.2) is 48.5 Å². The van der Waals surface area contributed by atoms with E-state index in [0.29, 0.717) is 43.4 Å². The molecule has 1 saturated carbocycles. The summed E-state index contributed by atoms with van der Waals surface area (Å²) in [6, 6.07) is 14.2. The molecular formula is C29H37N5O5. The summed E-state index contributed by atoms with van der Waals surface area (Å²) < 4.78 is 5.98. The average molecular weight is 536 g/mol. The summed E-state index contributed by atoms with van der Waals surface area (Å²) >= 11 is 0. The van der Waals surface area contributed by atoms with Crippen molar-refractivity contribution >= 4 is 35.1 Å². The summed E-state index contributed by atoms with van der Waals surface area (Å²) in [6.07, 6.45) is 6.02. The average Bonchev–Trinajstić information content (AvgIpc) is 3.71. The van der Waals surface area contributed by atoms with Gasteiger partial charge >= 0.3 is 12.1 Å². The van der Waals surface area contributed by atoms with Gasteiger partial charge in [0.25, 0.3) is 0 Å². The molecule has 10 heteroatoms. The van der Waals surface area contributed by atoms with Crippen molar-refractivity contribution in [3.8, 4) is 5.75 Å². The standard InChI is InChI=1S/C29H37N5O5/c1-32(27(35)26-7-4-17-34(26)29(37)38)23-16-18-33(19-23)22-12-8-20(9-13-22)30-28(36)31-21-10-14-25(15-11-21)39-24-5-2-3-6-24/h8-15,23-24,26H,2-7,16-19H2,1H3,(H,37,38)(H2,30,31,36)/t23?,26-/m0/s1. The molecule has 1 unspecified atom stereocenters. The summed E-state index contributed by atoms with van der Waals surface area (Å²) in [7, 11) is 1.77. The summed E-state index contributed by atoms with van der Waals surface area (Å²) in [4.78, 5) is 42.2. The summed E-state index contributed by atoms with van der Waals surface area (Å²) in [5, 5.41) is 15.1. The lowest BCUT2D eigenvalue weighted by molar-refractivity contribution is -0.135. The van der Waals surface area contributed by atoms with Crippen LogP contribution >= 0.6 is 0 Å².